The van der Waals surface area contributed by atoms with Crippen LogP contribution in [0.1, 0.15) is 34.3 Å². The maximum Gasteiger partial charge on any atom is 0.310 e. The van der Waals surface area contributed by atoms with Crippen LogP contribution in [0.15, 0.2) is 42.5 Å². The molecule has 108 valence electrons. The van der Waals surface area contributed by atoms with Crippen molar-refractivity contribution < 1.29 is 19.8 Å². The number of carbonyl (C=O) groups is 2. The van der Waals surface area contributed by atoms with E-state index in [0.29, 0.717) is 11.1 Å². The Labute approximate surface area is 121 Å². The minimum absolute atomic E-state index is 0.107. The largest absolute Gasteiger partial charge is 0.507 e. The summed E-state index contributed by atoms with van der Waals surface area (Å²) in [7, 11) is 0. The molecular formula is C16H15NO4. The standard InChI is InChI=1S/C16H15NO4/c1-9(16(20)21)11-7-6-10(8-13(11)17)15(19)12-4-2-3-5-14(12)18/h2-9,18H,17H2,1H3,(H,20,21). The number of aromatic hydroxyl groups is 1. The van der Waals surface area contributed by atoms with Gasteiger partial charge in [-0.2, -0.15) is 0 Å². The van der Waals surface area contributed by atoms with Gasteiger partial charge in [0.05, 0.1) is 11.5 Å². The highest BCUT2D eigenvalue weighted by Gasteiger charge is 2.19. The molecule has 5 heteroatoms. The molecule has 1 unspecified atom stereocenters. The number of aliphatic carboxylic acids is 1. The van der Waals surface area contributed by atoms with E-state index in [1.54, 1.807) is 12.1 Å². The number of ketones is 1. The minimum Gasteiger partial charge on any atom is -0.507 e. The van der Waals surface area contributed by atoms with Gasteiger partial charge in [-0.25, -0.2) is 0 Å². The number of nitrogens with two attached hydrogens (primary N) is 1. The second kappa shape index (κ2) is 5.66. The molecule has 0 aliphatic carbocycles. The Kier molecular flexibility index (Phi) is 3.93. The molecule has 0 heterocycles. The molecule has 2 rings (SSSR count). The van der Waals surface area contributed by atoms with Crippen molar-refractivity contribution in [3.05, 3.63) is 59.2 Å². The van der Waals surface area contributed by atoms with Gasteiger partial charge in [-0.3, -0.25) is 9.59 Å². The highest BCUT2D eigenvalue weighted by atomic mass is 16.4. The van der Waals surface area contributed by atoms with E-state index in [4.69, 9.17) is 10.8 Å². The van der Waals surface area contributed by atoms with E-state index in [1.165, 1.54) is 37.3 Å². The first-order valence-electron chi connectivity index (χ1n) is 6.36. The van der Waals surface area contributed by atoms with Crippen molar-refractivity contribution in [1.82, 2.24) is 0 Å². The van der Waals surface area contributed by atoms with Crippen molar-refractivity contribution in [2.75, 3.05) is 5.73 Å². The lowest BCUT2D eigenvalue weighted by Gasteiger charge is -2.11. The zero-order valence-electron chi connectivity index (χ0n) is 11.4. The zero-order valence-corrected chi connectivity index (χ0v) is 11.4. The van der Waals surface area contributed by atoms with Crippen LogP contribution in [-0.4, -0.2) is 22.0 Å². The Balaban J connectivity index is 2.39. The van der Waals surface area contributed by atoms with Crippen LogP contribution in [0.4, 0.5) is 5.69 Å². The zero-order chi connectivity index (χ0) is 15.6. The van der Waals surface area contributed by atoms with Gasteiger partial charge in [0, 0.05) is 11.3 Å². The number of phenols is 1. The van der Waals surface area contributed by atoms with Crippen LogP contribution < -0.4 is 5.73 Å². The Morgan fingerprint density at radius 1 is 1.14 bits per heavy atom. The van der Waals surface area contributed by atoms with Gasteiger partial charge < -0.3 is 15.9 Å². The molecule has 2 aromatic rings. The fourth-order valence-electron chi connectivity index (χ4n) is 2.06. The second-order valence-corrected chi connectivity index (χ2v) is 4.75. The van der Waals surface area contributed by atoms with Crippen LogP contribution in [0.25, 0.3) is 0 Å². The van der Waals surface area contributed by atoms with Gasteiger partial charge in [0.1, 0.15) is 5.75 Å². The molecule has 0 bridgehead atoms. The maximum absolute atomic E-state index is 12.3. The molecule has 5 nitrogen and oxygen atoms in total. The van der Waals surface area contributed by atoms with Crippen molar-refractivity contribution in [2.45, 2.75) is 12.8 Å². The molecule has 0 spiro atoms. The summed E-state index contributed by atoms with van der Waals surface area (Å²) in [6, 6.07) is 10.7. The number of benzene rings is 2. The first-order chi connectivity index (χ1) is 9.91. The maximum atomic E-state index is 12.3. The lowest BCUT2D eigenvalue weighted by Crippen LogP contribution is -2.11. The topological polar surface area (TPSA) is 101 Å². The first kappa shape index (κ1) is 14.6. The molecule has 4 N–H and O–H groups in total. The highest BCUT2D eigenvalue weighted by molar-refractivity contribution is 6.11. The van der Waals surface area contributed by atoms with Crippen LogP contribution in [-0.2, 0) is 4.79 Å². The van der Waals surface area contributed by atoms with Crippen LogP contribution in [0.3, 0.4) is 0 Å². The number of hydrogen-bond acceptors (Lipinski definition) is 4. The van der Waals surface area contributed by atoms with Crippen LogP contribution in [0, 0.1) is 0 Å². The smallest absolute Gasteiger partial charge is 0.310 e. The number of hydrogen-bond donors (Lipinski definition) is 3. The molecule has 0 aromatic heterocycles. The summed E-state index contributed by atoms with van der Waals surface area (Å²) in [5.41, 5.74) is 7.01. The molecule has 0 aliphatic heterocycles. The number of carboxylic acids is 1. The van der Waals surface area contributed by atoms with Gasteiger partial charge in [-0.15, -0.1) is 0 Å². The number of rotatable bonds is 4. The molecule has 0 fully saturated rings. The molecule has 0 radical (unpaired) electrons. The van der Waals surface area contributed by atoms with Crippen molar-refractivity contribution in [1.29, 1.82) is 0 Å². The normalized spacial score (nSPS) is 11.9. The van der Waals surface area contributed by atoms with Crippen molar-refractivity contribution in [3.63, 3.8) is 0 Å². The summed E-state index contributed by atoms with van der Waals surface area (Å²) in [5.74, 6) is -2.21. The first-order valence-corrected chi connectivity index (χ1v) is 6.36. The van der Waals surface area contributed by atoms with Crippen molar-refractivity contribution in [2.24, 2.45) is 0 Å². The lowest BCUT2D eigenvalue weighted by molar-refractivity contribution is -0.138. The van der Waals surface area contributed by atoms with Gasteiger partial charge in [-0.1, -0.05) is 24.3 Å². The molecular weight excluding hydrogens is 270 g/mol. The fourth-order valence-corrected chi connectivity index (χ4v) is 2.06. The Morgan fingerprint density at radius 3 is 2.38 bits per heavy atom. The van der Waals surface area contributed by atoms with E-state index >= 15 is 0 Å². The van der Waals surface area contributed by atoms with E-state index in [-0.39, 0.29) is 22.8 Å². The van der Waals surface area contributed by atoms with Gasteiger partial charge in [0.2, 0.25) is 0 Å². The summed E-state index contributed by atoms with van der Waals surface area (Å²) in [6.45, 7) is 1.53. The monoisotopic (exact) mass is 285 g/mol. The van der Waals surface area contributed by atoms with E-state index < -0.39 is 11.9 Å². The summed E-state index contributed by atoms with van der Waals surface area (Å²) in [6.07, 6.45) is 0. The molecule has 0 saturated carbocycles. The summed E-state index contributed by atoms with van der Waals surface area (Å²) >= 11 is 0. The SMILES string of the molecule is CC(C(=O)O)c1ccc(C(=O)c2ccccc2O)cc1N. The minimum atomic E-state index is -0.985. The molecule has 0 saturated heterocycles. The third kappa shape index (κ3) is 2.86. The van der Waals surface area contributed by atoms with Crippen LogP contribution >= 0.6 is 0 Å². The molecule has 1 atom stereocenters. The Bertz CT molecular complexity index is 709. The van der Waals surface area contributed by atoms with Gasteiger partial charge in [0.25, 0.3) is 0 Å². The summed E-state index contributed by atoms with van der Waals surface area (Å²) < 4.78 is 0. The van der Waals surface area contributed by atoms with Crippen molar-refractivity contribution >= 4 is 17.4 Å². The highest BCUT2D eigenvalue weighted by Crippen LogP contribution is 2.26. The predicted molar refractivity (Wildman–Crippen MR) is 78.4 cm³/mol. The van der Waals surface area contributed by atoms with E-state index in [2.05, 4.69) is 0 Å². The van der Waals surface area contributed by atoms with Gasteiger partial charge in [-0.05, 0) is 30.7 Å². The molecule has 0 amide bonds. The average Bonchev–Trinajstić information content (AvgIpc) is 2.46. The van der Waals surface area contributed by atoms with Crippen LogP contribution in [0.5, 0.6) is 5.75 Å². The van der Waals surface area contributed by atoms with E-state index in [1.807, 2.05) is 0 Å². The number of carbonyl (C=O) groups excluding carboxylic acids is 1. The van der Waals surface area contributed by atoms with Gasteiger partial charge >= 0.3 is 5.97 Å². The number of para-hydroxylation sites is 1. The molecule has 0 aliphatic rings. The Morgan fingerprint density at radius 2 is 1.81 bits per heavy atom. The molecule has 2 aromatic carbocycles. The number of anilines is 1. The molecule has 21 heavy (non-hydrogen) atoms. The number of phenolic OH excluding ortho intramolecular Hbond substituents is 1. The van der Waals surface area contributed by atoms with E-state index in [0.717, 1.165) is 0 Å². The van der Waals surface area contributed by atoms with Crippen LogP contribution in [0.2, 0.25) is 0 Å². The third-order valence-corrected chi connectivity index (χ3v) is 3.33. The second-order valence-electron chi connectivity index (χ2n) is 4.75. The van der Waals surface area contributed by atoms with E-state index in [9.17, 15) is 14.7 Å². The third-order valence-electron chi connectivity index (χ3n) is 3.33. The number of carboxylic acid groups (broad SMARTS) is 1. The lowest BCUT2D eigenvalue weighted by atomic mass is 9.95. The average molecular weight is 285 g/mol. The quantitative estimate of drug-likeness (QED) is 0.591. The van der Waals surface area contributed by atoms with Gasteiger partial charge in [0.15, 0.2) is 5.78 Å². The summed E-state index contributed by atoms with van der Waals surface area (Å²) in [5, 5.41) is 18.7. The predicted octanol–water partition coefficient (Wildman–Crippen LogP) is 2.39. The summed E-state index contributed by atoms with van der Waals surface area (Å²) in [4.78, 5) is 23.3. The Hall–Kier alpha value is -2.82. The number of nitrogen functional groups attached to an aromatic ring is 1. The van der Waals surface area contributed by atoms with Crippen molar-refractivity contribution in [3.8, 4) is 5.75 Å². The fraction of sp³-hybridized carbons (Fsp3) is 0.125.